The van der Waals surface area contributed by atoms with E-state index in [9.17, 15) is 14.0 Å². The lowest BCUT2D eigenvalue weighted by atomic mass is 10.2. The van der Waals surface area contributed by atoms with Gasteiger partial charge in [-0.05, 0) is 31.2 Å². The molecule has 0 aliphatic heterocycles. The molecule has 0 saturated carbocycles. The van der Waals surface area contributed by atoms with Crippen molar-refractivity contribution in [3.05, 3.63) is 59.9 Å². The molecule has 0 atom stereocenters. The van der Waals surface area contributed by atoms with E-state index >= 15 is 0 Å². The number of para-hydroxylation sites is 1. The molecule has 0 radical (unpaired) electrons. The summed E-state index contributed by atoms with van der Waals surface area (Å²) >= 11 is 0. The van der Waals surface area contributed by atoms with Crippen LogP contribution in [0.4, 0.5) is 20.6 Å². The second-order valence-corrected chi connectivity index (χ2v) is 5.18. The van der Waals surface area contributed by atoms with Gasteiger partial charge in [0.1, 0.15) is 12.4 Å². The molecule has 0 aliphatic carbocycles. The second kappa shape index (κ2) is 7.40. The number of aryl methyl sites for hydroxylation is 1. The monoisotopic (exact) mass is 315 g/mol. The molecule has 2 aromatic carbocycles. The fourth-order valence-electron chi connectivity index (χ4n) is 1.90. The van der Waals surface area contributed by atoms with Crippen molar-refractivity contribution >= 4 is 23.3 Å². The summed E-state index contributed by atoms with van der Waals surface area (Å²) in [5.74, 6) is -0.863. The van der Waals surface area contributed by atoms with Gasteiger partial charge in [0, 0.05) is 12.7 Å². The molecule has 0 fully saturated rings. The predicted molar refractivity (Wildman–Crippen MR) is 87.9 cm³/mol. The normalized spacial score (nSPS) is 10.0. The molecule has 5 nitrogen and oxygen atoms in total. The van der Waals surface area contributed by atoms with Crippen LogP contribution in [0.1, 0.15) is 5.56 Å². The van der Waals surface area contributed by atoms with Crippen molar-refractivity contribution in [2.24, 2.45) is 0 Å². The van der Waals surface area contributed by atoms with Crippen molar-refractivity contribution in [3.63, 3.8) is 0 Å². The van der Waals surface area contributed by atoms with Crippen LogP contribution in [-0.2, 0) is 4.79 Å². The maximum atomic E-state index is 13.5. The highest BCUT2D eigenvalue weighted by atomic mass is 19.1. The largest absolute Gasteiger partial charge is 0.325 e. The Hall–Kier alpha value is -2.89. The SMILES string of the molecule is Cc1ccc(NC(=O)CN(C)C(=O)Nc2ccccc2F)cc1. The summed E-state index contributed by atoms with van der Waals surface area (Å²) in [4.78, 5) is 25.1. The quantitative estimate of drug-likeness (QED) is 0.910. The van der Waals surface area contributed by atoms with Crippen LogP contribution in [0.25, 0.3) is 0 Å². The topological polar surface area (TPSA) is 61.4 Å². The van der Waals surface area contributed by atoms with Crippen LogP contribution in [-0.4, -0.2) is 30.4 Å². The molecule has 0 bridgehead atoms. The van der Waals surface area contributed by atoms with Gasteiger partial charge in [-0.3, -0.25) is 4.79 Å². The molecular weight excluding hydrogens is 297 g/mol. The Kier molecular flexibility index (Phi) is 5.30. The van der Waals surface area contributed by atoms with E-state index < -0.39 is 11.8 Å². The molecule has 120 valence electrons. The molecule has 0 saturated heterocycles. The van der Waals surface area contributed by atoms with Gasteiger partial charge in [0.25, 0.3) is 0 Å². The minimum absolute atomic E-state index is 0.0725. The van der Waals surface area contributed by atoms with Crippen molar-refractivity contribution in [2.45, 2.75) is 6.92 Å². The molecule has 0 aliphatic rings. The molecule has 23 heavy (non-hydrogen) atoms. The highest BCUT2D eigenvalue weighted by molar-refractivity contribution is 5.96. The Morgan fingerprint density at radius 1 is 1.04 bits per heavy atom. The van der Waals surface area contributed by atoms with E-state index in [1.54, 1.807) is 18.2 Å². The third-order valence-corrected chi connectivity index (χ3v) is 3.18. The third kappa shape index (κ3) is 4.81. The summed E-state index contributed by atoms with van der Waals surface area (Å²) in [5, 5.41) is 5.11. The lowest BCUT2D eigenvalue weighted by Gasteiger charge is -2.18. The summed E-state index contributed by atoms with van der Waals surface area (Å²) in [5.41, 5.74) is 1.82. The number of halogens is 1. The van der Waals surface area contributed by atoms with Gasteiger partial charge in [-0.25, -0.2) is 9.18 Å². The van der Waals surface area contributed by atoms with Crippen LogP contribution in [0.2, 0.25) is 0 Å². The zero-order valence-electron chi connectivity index (χ0n) is 13.0. The molecule has 0 spiro atoms. The number of nitrogens with zero attached hydrogens (tertiary/aromatic N) is 1. The van der Waals surface area contributed by atoms with Gasteiger partial charge in [0.2, 0.25) is 5.91 Å². The Balaban J connectivity index is 1.89. The van der Waals surface area contributed by atoms with Crippen molar-refractivity contribution in [1.29, 1.82) is 0 Å². The minimum Gasteiger partial charge on any atom is -0.325 e. The number of benzene rings is 2. The van der Waals surface area contributed by atoms with Crippen LogP contribution in [0.5, 0.6) is 0 Å². The van der Waals surface area contributed by atoms with E-state index in [0.29, 0.717) is 5.69 Å². The molecular formula is C17H18FN3O2. The molecule has 0 unspecified atom stereocenters. The molecule has 0 aromatic heterocycles. The first-order chi connectivity index (χ1) is 11.0. The molecule has 0 heterocycles. The summed E-state index contributed by atoms with van der Waals surface area (Å²) < 4.78 is 13.5. The Morgan fingerprint density at radius 2 is 1.70 bits per heavy atom. The Morgan fingerprint density at radius 3 is 2.35 bits per heavy atom. The standard InChI is InChI=1S/C17H18FN3O2/c1-12-7-9-13(10-8-12)19-16(22)11-21(2)17(23)20-15-6-4-3-5-14(15)18/h3-10H,11H2,1-2H3,(H,19,22)(H,20,23). The zero-order valence-corrected chi connectivity index (χ0v) is 13.0. The van der Waals surface area contributed by atoms with Crippen molar-refractivity contribution in [3.8, 4) is 0 Å². The smallest absolute Gasteiger partial charge is 0.322 e. The maximum Gasteiger partial charge on any atom is 0.322 e. The number of amides is 3. The second-order valence-electron chi connectivity index (χ2n) is 5.18. The number of hydrogen-bond acceptors (Lipinski definition) is 2. The average molecular weight is 315 g/mol. The first kappa shape index (κ1) is 16.5. The fourth-order valence-corrected chi connectivity index (χ4v) is 1.90. The highest BCUT2D eigenvalue weighted by Crippen LogP contribution is 2.13. The fraction of sp³-hybridized carbons (Fsp3) is 0.176. The molecule has 2 rings (SSSR count). The number of nitrogens with one attached hydrogen (secondary N) is 2. The third-order valence-electron chi connectivity index (χ3n) is 3.18. The molecule has 2 N–H and O–H groups in total. The van der Waals surface area contributed by atoms with Gasteiger partial charge in [-0.2, -0.15) is 0 Å². The van der Waals surface area contributed by atoms with E-state index in [4.69, 9.17) is 0 Å². The number of urea groups is 1. The Bertz CT molecular complexity index is 701. The minimum atomic E-state index is -0.561. The number of rotatable bonds is 4. The lowest BCUT2D eigenvalue weighted by Crippen LogP contribution is -2.37. The summed E-state index contributed by atoms with van der Waals surface area (Å²) in [7, 11) is 1.46. The molecule has 6 heteroatoms. The maximum absolute atomic E-state index is 13.5. The molecule has 2 aromatic rings. The van der Waals surface area contributed by atoms with E-state index in [1.165, 1.54) is 30.1 Å². The van der Waals surface area contributed by atoms with Crippen LogP contribution in [0, 0.1) is 12.7 Å². The van der Waals surface area contributed by atoms with Gasteiger partial charge in [0.05, 0.1) is 5.69 Å². The Labute approximate surface area is 134 Å². The summed E-state index contributed by atoms with van der Waals surface area (Å²) in [6.07, 6.45) is 0. The summed E-state index contributed by atoms with van der Waals surface area (Å²) in [6, 6.07) is 12.6. The van der Waals surface area contributed by atoms with Gasteiger partial charge >= 0.3 is 6.03 Å². The van der Waals surface area contributed by atoms with Gasteiger partial charge in [0.15, 0.2) is 0 Å². The highest BCUT2D eigenvalue weighted by Gasteiger charge is 2.14. The van der Waals surface area contributed by atoms with E-state index in [-0.39, 0.29) is 18.1 Å². The van der Waals surface area contributed by atoms with Crippen LogP contribution in [0.15, 0.2) is 48.5 Å². The van der Waals surface area contributed by atoms with Crippen LogP contribution < -0.4 is 10.6 Å². The zero-order chi connectivity index (χ0) is 16.8. The number of anilines is 2. The van der Waals surface area contributed by atoms with E-state index in [0.717, 1.165) is 5.56 Å². The van der Waals surface area contributed by atoms with Crippen molar-refractivity contribution in [1.82, 2.24) is 4.90 Å². The van der Waals surface area contributed by atoms with E-state index in [2.05, 4.69) is 10.6 Å². The average Bonchev–Trinajstić information content (AvgIpc) is 2.51. The first-order valence-electron chi connectivity index (χ1n) is 7.09. The van der Waals surface area contributed by atoms with Crippen LogP contribution >= 0.6 is 0 Å². The lowest BCUT2D eigenvalue weighted by molar-refractivity contribution is -0.116. The van der Waals surface area contributed by atoms with Gasteiger partial charge in [-0.15, -0.1) is 0 Å². The number of carbonyl (C=O) groups is 2. The number of carbonyl (C=O) groups excluding carboxylic acids is 2. The summed E-state index contributed by atoms with van der Waals surface area (Å²) in [6.45, 7) is 1.81. The number of hydrogen-bond donors (Lipinski definition) is 2. The van der Waals surface area contributed by atoms with E-state index in [1.807, 2.05) is 19.1 Å². The molecule has 3 amide bonds. The van der Waals surface area contributed by atoms with Crippen LogP contribution in [0.3, 0.4) is 0 Å². The number of likely N-dealkylation sites (N-methyl/N-ethyl adjacent to an activating group) is 1. The first-order valence-corrected chi connectivity index (χ1v) is 7.09. The predicted octanol–water partition coefficient (Wildman–Crippen LogP) is 3.24. The van der Waals surface area contributed by atoms with Crippen molar-refractivity contribution in [2.75, 3.05) is 24.2 Å². The van der Waals surface area contributed by atoms with Crippen molar-refractivity contribution < 1.29 is 14.0 Å². The van der Waals surface area contributed by atoms with Gasteiger partial charge < -0.3 is 15.5 Å². The van der Waals surface area contributed by atoms with Gasteiger partial charge in [-0.1, -0.05) is 29.8 Å².